The van der Waals surface area contributed by atoms with E-state index in [2.05, 4.69) is 25.2 Å². The van der Waals surface area contributed by atoms with Gasteiger partial charge in [-0.3, -0.25) is 0 Å². The van der Waals surface area contributed by atoms with Crippen LogP contribution in [0.2, 0.25) is 0 Å². The first kappa shape index (κ1) is 13.0. The van der Waals surface area contributed by atoms with E-state index in [1.165, 1.54) is 0 Å². The second kappa shape index (κ2) is 5.32. The number of ether oxygens (including phenoxy) is 2. The first-order valence-electron chi connectivity index (χ1n) is 5.39. The monoisotopic (exact) mass is 231 g/mol. The van der Waals surface area contributed by atoms with Gasteiger partial charge in [-0.25, -0.2) is 4.40 Å². The normalized spacial score (nSPS) is 21.3. The quantitative estimate of drug-likeness (QED) is 0.550. The van der Waals surface area contributed by atoms with Crippen molar-refractivity contribution in [1.82, 2.24) is 0 Å². The van der Waals surface area contributed by atoms with Gasteiger partial charge in [0.1, 0.15) is 0 Å². The van der Waals surface area contributed by atoms with Crippen molar-refractivity contribution in [1.29, 1.82) is 0 Å². The van der Waals surface area contributed by atoms with Crippen LogP contribution >= 0.6 is 11.9 Å². The minimum Gasteiger partial charge on any atom is -0.348 e. The molecule has 0 aliphatic carbocycles. The number of hydrogen-bond donors (Lipinski definition) is 0. The molecule has 1 saturated heterocycles. The van der Waals surface area contributed by atoms with E-state index in [0.29, 0.717) is 13.2 Å². The third-order valence-corrected chi connectivity index (χ3v) is 2.83. The molecule has 1 aliphatic rings. The van der Waals surface area contributed by atoms with Gasteiger partial charge in [0.25, 0.3) is 0 Å². The van der Waals surface area contributed by atoms with Crippen molar-refractivity contribution in [2.75, 3.05) is 13.2 Å². The molecular weight excluding hydrogens is 210 g/mol. The Morgan fingerprint density at radius 3 is 2.47 bits per heavy atom. The highest BCUT2D eigenvalue weighted by Crippen LogP contribution is 2.25. The predicted molar refractivity (Wildman–Crippen MR) is 65.4 cm³/mol. The lowest BCUT2D eigenvalue weighted by molar-refractivity contribution is -0.144. The van der Waals surface area contributed by atoms with Crippen LogP contribution in [-0.2, 0) is 9.47 Å². The van der Waals surface area contributed by atoms with E-state index in [0.717, 1.165) is 12.8 Å². The van der Waals surface area contributed by atoms with E-state index in [1.807, 2.05) is 13.1 Å². The molecule has 0 bridgehead atoms. The van der Waals surface area contributed by atoms with E-state index < -0.39 is 0 Å². The second-order valence-electron chi connectivity index (χ2n) is 4.86. The van der Waals surface area contributed by atoms with Crippen molar-refractivity contribution in [3.8, 4) is 0 Å². The molecule has 0 unspecified atom stereocenters. The van der Waals surface area contributed by atoms with Crippen LogP contribution in [0.25, 0.3) is 0 Å². The molecule has 1 rings (SSSR count). The number of hydrogen-bond acceptors (Lipinski definition) is 4. The molecule has 0 atom stereocenters. The van der Waals surface area contributed by atoms with Gasteiger partial charge in [-0.05, 0) is 46.1 Å². The zero-order valence-electron chi connectivity index (χ0n) is 10.1. The van der Waals surface area contributed by atoms with Crippen molar-refractivity contribution in [2.24, 2.45) is 4.40 Å². The molecule has 1 fully saturated rings. The first-order valence-corrected chi connectivity index (χ1v) is 6.17. The maximum Gasteiger partial charge on any atom is 0.166 e. The molecule has 3 nitrogen and oxygen atoms in total. The van der Waals surface area contributed by atoms with Gasteiger partial charge < -0.3 is 9.47 Å². The Kier molecular flexibility index (Phi) is 4.62. The molecule has 0 amide bonds. The van der Waals surface area contributed by atoms with Crippen molar-refractivity contribution < 1.29 is 9.47 Å². The molecule has 0 saturated carbocycles. The third-order valence-electron chi connectivity index (χ3n) is 2.03. The summed E-state index contributed by atoms with van der Waals surface area (Å²) >= 11 is 1.60. The zero-order valence-corrected chi connectivity index (χ0v) is 10.9. The van der Waals surface area contributed by atoms with Gasteiger partial charge in [0.05, 0.1) is 13.2 Å². The van der Waals surface area contributed by atoms with E-state index in [-0.39, 0.29) is 10.5 Å². The smallest absolute Gasteiger partial charge is 0.166 e. The topological polar surface area (TPSA) is 30.8 Å². The van der Waals surface area contributed by atoms with Crippen LogP contribution < -0.4 is 0 Å². The molecule has 0 radical (unpaired) electrons. The van der Waals surface area contributed by atoms with Crippen LogP contribution in [-0.4, -0.2) is 30.0 Å². The fourth-order valence-electron chi connectivity index (χ4n) is 1.28. The van der Waals surface area contributed by atoms with Crippen LogP contribution in [0.1, 0.15) is 40.5 Å². The molecule has 0 N–H and O–H groups in total. The average molecular weight is 231 g/mol. The van der Waals surface area contributed by atoms with Gasteiger partial charge in [-0.15, -0.1) is 0 Å². The summed E-state index contributed by atoms with van der Waals surface area (Å²) in [6, 6.07) is 0. The summed E-state index contributed by atoms with van der Waals surface area (Å²) in [6.07, 6.45) is 3.73. The Labute approximate surface area is 96.8 Å². The molecule has 1 aliphatic heterocycles. The molecule has 0 aromatic heterocycles. The van der Waals surface area contributed by atoms with Gasteiger partial charge >= 0.3 is 0 Å². The van der Waals surface area contributed by atoms with Gasteiger partial charge in [0.15, 0.2) is 5.79 Å². The standard InChI is InChI=1S/C11H21NO2S/c1-10(2,3)15-12-7-5-6-11(4)13-8-9-14-11/h7H,5-6,8-9H2,1-4H3. The van der Waals surface area contributed by atoms with Crippen LogP contribution in [0.4, 0.5) is 0 Å². The minimum atomic E-state index is -0.377. The van der Waals surface area contributed by atoms with Crippen molar-refractivity contribution in [3.05, 3.63) is 0 Å². The van der Waals surface area contributed by atoms with Crippen molar-refractivity contribution in [2.45, 2.75) is 51.1 Å². The van der Waals surface area contributed by atoms with Gasteiger partial charge in [-0.1, -0.05) is 0 Å². The highest BCUT2D eigenvalue weighted by atomic mass is 32.2. The summed E-state index contributed by atoms with van der Waals surface area (Å²) in [5, 5.41) is 0. The van der Waals surface area contributed by atoms with E-state index in [4.69, 9.17) is 9.47 Å². The molecular formula is C11H21NO2S. The van der Waals surface area contributed by atoms with Gasteiger partial charge in [0, 0.05) is 17.4 Å². The average Bonchev–Trinajstić information content (AvgIpc) is 2.50. The maximum absolute atomic E-state index is 5.50. The molecule has 0 aromatic carbocycles. The SMILES string of the molecule is CC1(CCC=NSC(C)(C)C)OCCO1. The fraction of sp³-hybridized carbons (Fsp3) is 0.909. The van der Waals surface area contributed by atoms with Crippen molar-refractivity contribution in [3.63, 3.8) is 0 Å². The third kappa shape index (κ3) is 5.54. The lowest BCUT2D eigenvalue weighted by Crippen LogP contribution is -2.25. The zero-order chi connectivity index (χ0) is 11.4. The first-order chi connectivity index (χ1) is 6.91. The number of rotatable bonds is 4. The van der Waals surface area contributed by atoms with E-state index in [9.17, 15) is 0 Å². The summed E-state index contributed by atoms with van der Waals surface area (Å²) < 4.78 is 15.5. The Bertz CT molecular complexity index is 217. The lowest BCUT2D eigenvalue weighted by Gasteiger charge is -2.20. The Balaban J connectivity index is 2.15. The number of nitrogens with zero attached hydrogens (tertiary/aromatic N) is 1. The summed E-state index contributed by atoms with van der Waals surface area (Å²) in [5.41, 5.74) is 0. The molecule has 88 valence electrons. The molecule has 1 heterocycles. The minimum absolute atomic E-state index is 0.195. The van der Waals surface area contributed by atoms with E-state index in [1.54, 1.807) is 11.9 Å². The summed E-state index contributed by atoms with van der Waals surface area (Å²) in [6.45, 7) is 9.87. The van der Waals surface area contributed by atoms with Crippen LogP contribution in [0, 0.1) is 0 Å². The van der Waals surface area contributed by atoms with Crippen molar-refractivity contribution >= 4 is 18.2 Å². The Morgan fingerprint density at radius 2 is 1.93 bits per heavy atom. The summed E-state index contributed by atoms with van der Waals surface area (Å²) in [7, 11) is 0. The molecule has 0 spiro atoms. The summed E-state index contributed by atoms with van der Waals surface area (Å²) in [5.74, 6) is -0.377. The second-order valence-corrected chi connectivity index (χ2v) is 6.48. The van der Waals surface area contributed by atoms with Crippen LogP contribution in [0.5, 0.6) is 0 Å². The molecule has 15 heavy (non-hydrogen) atoms. The lowest BCUT2D eigenvalue weighted by atomic mass is 10.2. The van der Waals surface area contributed by atoms with E-state index >= 15 is 0 Å². The Morgan fingerprint density at radius 1 is 1.33 bits per heavy atom. The van der Waals surface area contributed by atoms with Gasteiger partial charge in [-0.2, -0.15) is 0 Å². The fourth-order valence-corrected chi connectivity index (χ4v) is 1.77. The highest BCUT2D eigenvalue weighted by Gasteiger charge is 2.29. The molecule has 0 aromatic rings. The van der Waals surface area contributed by atoms with Gasteiger partial charge in [0.2, 0.25) is 0 Å². The highest BCUT2D eigenvalue weighted by molar-refractivity contribution is 7.99. The summed E-state index contributed by atoms with van der Waals surface area (Å²) in [4.78, 5) is 0. The predicted octanol–water partition coefficient (Wildman–Crippen LogP) is 3.05. The van der Waals surface area contributed by atoms with Crippen LogP contribution in [0.15, 0.2) is 4.40 Å². The largest absolute Gasteiger partial charge is 0.348 e. The maximum atomic E-state index is 5.50. The Hall–Kier alpha value is -0.0600. The van der Waals surface area contributed by atoms with Crippen LogP contribution in [0.3, 0.4) is 0 Å². The molecule has 4 heteroatoms.